The summed E-state index contributed by atoms with van der Waals surface area (Å²) in [6.07, 6.45) is 1.05. The summed E-state index contributed by atoms with van der Waals surface area (Å²) in [5.41, 5.74) is 5.50. The van der Waals surface area contributed by atoms with E-state index in [0.29, 0.717) is 0 Å². The van der Waals surface area contributed by atoms with Crippen LogP contribution in [0, 0.1) is 6.92 Å². The predicted molar refractivity (Wildman–Crippen MR) is 96.4 cm³/mol. The van der Waals surface area contributed by atoms with Crippen molar-refractivity contribution < 1.29 is 0 Å². The summed E-state index contributed by atoms with van der Waals surface area (Å²) in [4.78, 5) is 4.65. The molecule has 0 aliphatic rings. The Labute approximate surface area is 139 Å². The zero-order valence-corrected chi connectivity index (χ0v) is 14.1. The van der Waals surface area contributed by atoms with E-state index in [-0.39, 0.29) is 0 Å². The molecule has 22 heavy (non-hydrogen) atoms. The van der Waals surface area contributed by atoms with Crippen molar-refractivity contribution in [3.63, 3.8) is 0 Å². The van der Waals surface area contributed by atoms with E-state index in [1.165, 1.54) is 5.56 Å². The lowest BCUT2D eigenvalue weighted by molar-refractivity contribution is 1.14. The van der Waals surface area contributed by atoms with E-state index in [1.54, 1.807) is 11.3 Å². The zero-order valence-electron chi connectivity index (χ0n) is 12.6. The van der Waals surface area contributed by atoms with Crippen LogP contribution in [0.4, 0.5) is 10.8 Å². The number of anilines is 2. The van der Waals surface area contributed by atoms with E-state index in [9.17, 15) is 0 Å². The molecule has 0 saturated heterocycles. The third kappa shape index (κ3) is 3.32. The Morgan fingerprint density at radius 1 is 1.14 bits per heavy atom. The van der Waals surface area contributed by atoms with Gasteiger partial charge >= 0.3 is 0 Å². The quantitative estimate of drug-likeness (QED) is 0.628. The van der Waals surface area contributed by atoms with Crippen molar-refractivity contribution in [3.8, 4) is 11.3 Å². The van der Waals surface area contributed by atoms with E-state index in [4.69, 9.17) is 11.6 Å². The second kappa shape index (κ2) is 6.51. The number of halogens is 1. The molecule has 1 aromatic heterocycles. The highest BCUT2D eigenvalue weighted by Crippen LogP contribution is 2.29. The highest BCUT2D eigenvalue weighted by molar-refractivity contribution is 7.14. The van der Waals surface area contributed by atoms with Gasteiger partial charge in [0.15, 0.2) is 5.13 Å². The summed E-state index contributed by atoms with van der Waals surface area (Å²) in [6, 6.07) is 14.5. The van der Waals surface area contributed by atoms with Gasteiger partial charge in [-0.15, -0.1) is 11.3 Å². The Kier molecular flexibility index (Phi) is 4.46. The molecule has 2 aromatic carbocycles. The van der Waals surface area contributed by atoms with Gasteiger partial charge in [-0.3, -0.25) is 0 Å². The van der Waals surface area contributed by atoms with Crippen molar-refractivity contribution in [1.29, 1.82) is 0 Å². The smallest absolute Gasteiger partial charge is 0.187 e. The SMILES string of the molecule is CCc1ccc(-c2csc(Nc3ccc(C)c(Cl)c3)n2)cc1. The first-order valence-corrected chi connectivity index (χ1v) is 8.49. The Hall–Kier alpha value is -1.84. The molecule has 0 radical (unpaired) electrons. The third-order valence-corrected chi connectivity index (χ3v) is 4.75. The van der Waals surface area contributed by atoms with Gasteiger partial charge in [0.25, 0.3) is 0 Å². The van der Waals surface area contributed by atoms with Crippen LogP contribution >= 0.6 is 22.9 Å². The highest BCUT2D eigenvalue weighted by atomic mass is 35.5. The van der Waals surface area contributed by atoms with Gasteiger partial charge in [0.05, 0.1) is 5.69 Å². The normalized spacial score (nSPS) is 10.7. The number of aromatic nitrogens is 1. The molecule has 0 bridgehead atoms. The maximum atomic E-state index is 6.15. The second-order valence-corrected chi connectivity index (χ2v) is 6.44. The van der Waals surface area contributed by atoms with Crippen molar-refractivity contribution in [2.75, 3.05) is 5.32 Å². The number of nitrogens with zero attached hydrogens (tertiary/aromatic N) is 1. The average Bonchev–Trinajstić information content (AvgIpc) is 2.99. The van der Waals surface area contributed by atoms with Gasteiger partial charge in [-0.2, -0.15) is 0 Å². The minimum atomic E-state index is 0.761. The molecule has 0 aliphatic heterocycles. The molecular weight excluding hydrogens is 312 g/mol. The largest absolute Gasteiger partial charge is 0.331 e. The number of thiazole rings is 1. The van der Waals surface area contributed by atoms with Gasteiger partial charge in [-0.25, -0.2) is 4.98 Å². The minimum Gasteiger partial charge on any atom is -0.331 e. The van der Waals surface area contributed by atoms with Gasteiger partial charge in [0.2, 0.25) is 0 Å². The number of nitrogens with one attached hydrogen (secondary N) is 1. The number of rotatable bonds is 4. The van der Waals surface area contributed by atoms with Gasteiger partial charge in [0, 0.05) is 21.7 Å². The van der Waals surface area contributed by atoms with Crippen LogP contribution in [0.1, 0.15) is 18.1 Å². The molecule has 0 amide bonds. The standard InChI is InChI=1S/C18H17ClN2S/c1-3-13-5-7-14(8-6-13)17-11-22-18(21-17)20-15-9-4-12(2)16(19)10-15/h4-11H,3H2,1-2H3,(H,20,21). The maximum Gasteiger partial charge on any atom is 0.187 e. The Morgan fingerprint density at radius 2 is 1.91 bits per heavy atom. The Morgan fingerprint density at radius 3 is 2.59 bits per heavy atom. The van der Waals surface area contributed by atoms with Crippen LogP contribution in [0.2, 0.25) is 5.02 Å². The molecule has 2 nitrogen and oxygen atoms in total. The van der Waals surface area contributed by atoms with Crippen molar-refractivity contribution in [2.24, 2.45) is 0 Å². The fraction of sp³-hybridized carbons (Fsp3) is 0.167. The number of hydrogen-bond donors (Lipinski definition) is 1. The molecule has 0 saturated carbocycles. The lowest BCUT2D eigenvalue weighted by Crippen LogP contribution is -1.90. The number of aryl methyl sites for hydroxylation is 2. The second-order valence-electron chi connectivity index (χ2n) is 5.18. The van der Waals surface area contributed by atoms with Gasteiger partial charge < -0.3 is 5.32 Å². The molecule has 0 unspecified atom stereocenters. The molecule has 3 aromatic rings. The maximum absolute atomic E-state index is 6.15. The van der Waals surface area contributed by atoms with Gasteiger partial charge in [-0.1, -0.05) is 48.9 Å². The van der Waals surface area contributed by atoms with Crippen LogP contribution in [-0.4, -0.2) is 4.98 Å². The van der Waals surface area contributed by atoms with Gasteiger partial charge in [-0.05, 0) is 36.6 Å². The molecular formula is C18H17ClN2S. The van der Waals surface area contributed by atoms with E-state index < -0.39 is 0 Å². The number of benzene rings is 2. The summed E-state index contributed by atoms with van der Waals surface area (Å²) >= 11 is 7.75. The lowest BCUT2D eigenvalue weighted by Gasteiger charge is -2.04. The topological polar surface area (TPSA) is 24.9 Å². The van der Waals surface area contributed by atoms with Crippen molar-refractivity contribution in [3.05, 3.63) is 64.0 Å². The summed E-state index contributed by atoms with van der Waals surface area (Å²) < 4.78 is 0. The van der Waals surface area contributed by atoms with E-state index in [2.05, 4.69) is 46.9 Å². The third-order valence-electron chi connectivity index (χ3n) is 3.59. The van der Waals surface area contributed by atoms with Crippen molar-refractivity contribution in [1.82, 2.24) is 4.98 Å². The highest BCUT2D eigenvalue weighted by Gasteiger charge is 2.06. The lowest BCUT2D eigenvalue weighted by atomic mass is 10.1. The van der Waals surface area contributed by atoms with Crippen molar-refractivity contribution in [2.45, 2.75) is 20.3 Å². The average molecular weight is 329 g/mol. The van der Waals surface area contributed by atoms with E-state index in [1.807, 2.05) is 25.1 Å². The van der Waals surface area contributed by atoms with Crippen LogP contribution in [0.25, 0.3) is 11.3 Å². The van der Waals surface area contributed by atoms with Crippen LogP contribution in [0.15, 0.2) is 47.8 Å². The van der Waals surface area contributed by atoms with E-state index >= 15 is 0 Å². The molecule has 3 rings (SSSR count). The first-order valence-electron chi connectivity index (χ1n) is 7.23. The predicted octanol–water partition coefficient (Wildman–Crippen LogP) is 6.08. The molecule has 0 atom stereocenters. The van der Waals surface area contributed by atoms with Crippen molar-refractivity contribution >= 4 is 33.8 Å². The van der Waals surface area contributed by atoms with Crippen LogP contribution in [-0.2, 0) is 6.42 Å². The summed E-state index contributed by atoms with van der Waals surface area (Å²) in [5, 5.41) is 7.01. The van der Waals surface area contributed by atoms with E-state index in [0.717, 1.165) is 39.1 Å². The summed E-state index contributed by atoms with van der Waals surface area (Å²) in [7, 11) is 0. The molecule has 1 N–H and O–H groups in total. The zero-order chi connectivity index (χ0) is 15.5. The molecule has 0 fully saturated rings. The first kappa shape index (κ1) is 15.1. The fourth-order valence-electron chi connectivity index (χ4n) is 2.17. The first-order chi connectivity index (χ1) is 10.7. The Bertz CT molecular complexity index is 778. The van der Waals surface area contributed by atoms with Crippen LogP contribution in [0.3, 0.4) is 0 Å². The monoisotopic (exact) mass is 328 g/mol. The summed E-state index contributed by atoms with van der Waals surface area (Å²) in [5.74, 6) is 0. The number of hydrogen-bond acceptors (Lipinski definition) is 3. The Balaban J connectivity index is 1.79. The summed E-state index contributed by atoms with van der Waals surface area (Å²) in [6.45, 7) is 4.15. The van der Waals surface area contributed by atoms with Crippen LogP contribution < -0.4 is 5.32 Å². The molecule has 1 heterocycles. The van der Waals surface area contributed by atoms with Crippen LogP contribution in [0.5, 0.6) is 0 Å². The molecule has 0 aliphatic carbocycles. The molecule has 4 heteroatoms. The minimum absolute atomic E-state index is 0.761. The fourth-order valence-corrected chi connectivity index (χ4v) is 3.09. The van der Waals surface area contributed by atoms with Gasteiger partial charge in [0.1, 0.15) is 0 Å². The molecule has 112 valence electrons. The molecule has 0 spiro atoms.